The number of para-hydroxylation sites is 1. The first kappa shape index (κ1) is 20.3. The molecule has 1 aromatic carbocycles. The average molecular weight is 433 g/mol. The Hall–Kier alpha value is -3.03. The maximum absolute atomic E-state index is 12.9. The van der Waals surface area contributed by atoms with Gasteiger partial charge in [-0.15, -0.1) is 0 Å². The van der Waals surface area contributed by atoms with Gasteiger partial charge in [0.25, 0.3) is 0 Å². The molecule has 4 aromatic rings. The van der Waals surface area contributed by atoms with E-state index in [1.807, 2.05) is 65.4 Å². The van der Waals surface area contributed by atoms with Crippen LogP contribution in [0.4, 0.5) is 0 Å². The number of thioether (sulfide) groups is 1. The molecule has 5 nitrogen and oxygen atoms in total. The number of ketones is 1. The summed E-state index contributed by atoms with van der Waals surface area (Å²) in [6.45, 7) is 0.629. The van der Waals surface area contributed by atoms with Gasteiger partial charge in [0.1, 0.15) is 9.97 Å². The predicted octanol–water partition coefficient (Wildman–Crippen LogP) is 4.80. The summed E-state index contributed by atoms with van der Waals surface area (Å²) in [4.78, 5) is 21.5. The number of pyridine rings is 2. The van der Waals surface area contributed by atoms with Crippen LogP contribution in [0.1, 0.15) is 22.3 Å². The fourth-order valence-corrected chi connectivity index (χ4v) is 4.13. The second kappa shape index (κ2) is 9.65. The highest BCUT2D eigenvalue weighted by Crippen LogP contribution is 2.24. The molecule has 0 unspecified atom stereocenters. The number of hydrogen-bond acceptors (Lipinski definition) is 5. The minimum absolute atomic E-state index is 0.0882. The normalized spacial score (nSPS) is 10.8. The molecule has 1 N–H and O–H groups in total. The van der Waals surface area contributed by atoms with E-state index < -0.39 is 0 Å². The highest BCUT2D eigenvalue weighted by Gasteiger charge is 2.16. The van der Waals surface area contributed by atoms with Gasteiger partial charge in [0.15, 0.2) is 5.78 Å². The van der Waals surface area contributed by atoms with Crippen LogP contribution < -0.4 is 5.32 Å². The van der Waals surface area contributed by atoms with Gasteiger partial charge in [-0.05, 0) is 35.9 Å². The highest BCUT2D eigenvalue weighted by atomic mass is 32.2. The molecule has 0 aliphatic carbocycles. The Morgan fingerprint density at radius 2 is 1.90 bits per heavy atom. The van der Waals surface area contributed by atoms with Crippen LogP contribution in [-0.4, -0.2) is 30.4 Å². The summed E-state index contributed by atoms with van der Waals surface area (Å²) >= 11 is 6.86. The summed E-state index contributed by atoms with van der Waals surface area (Å²) in [6, 6.07) is 17.6. The van der Waals surface area contributed by atoms with Crippen molar-refractivity contribution >= 4 is 45.1 Å². The smallest absolute Gasteiger partial charge is 0.165 e. The number of nitrogens with zero attached hydrogens (tertiary/aromatic N) is 3. The largest absolute Gasteiger partial charge is 0.367 e. The van der Waals surface area contributed by atoms with Crippen LogP contribution in [0.3, 0.4) is 0 Å². The number of hydrogen-bond donors (Lipinski definition) is 1. The summed E-state index contributed by atoms with van der Waals surface area (Å²) in [5, 5.41) is 4.07. The molecule has 7 heteroatoms. The second-order valence-corrected chi connectivity index (χ2v) is 8.42. The van der Waals surface area contributed by atoms with Crippen LogP contribution in [-0.2, 0) is 6.54 Å². The standard InChI is InChI=1S/C23H20N4OS2/c28-21(10-13-30-23(29)26-15-17-6-4-11-24-14-17)20-16-27(18-7-2-1-3-8-18)22-19(20)9-5-12-25-22/h1-9,11-12,14,16H,10,13,15H2,(H,26,29). The lowest BCUT2D eigenvalue weighted by atomic mass is 10.1. The van der Waals surface area contributed by atoms with Gasteiger partial charge in [-0.3, -0.25) is 9.78 Å². The Morgan fingerprint density at radius 3 is 2.70 bits per heavy atom. The van der Waals surface area contributed by atoms with E-state index in [2.05, 4.69) is 15.3 Å². The van der Waals surface area contributed by atoms with Gasteiger partial charge in [-0.1, -0.05) is 48.2 Å². The number of aromatic nitrogens is 3. The fraction of sp³-hybridized carbons (Fsp3) is 0.130. The first-order valence-electron chi connectivity index (χ1n) is 9.56. The minimum atomic E-state index is 0.0882. The molecule has 3 heterocycles. The summed E-state index contributed by atoms with van der Waals surface area (Å²) < 4.78 is 2.65. The summed E-state index contributed by atoms with van der Waals surface area (Å²) in [7, 11) is 0. The monoisotopic (exact) mass is 432 g/mol. The van der Waals surface area contributed by atoms with Gasteiger partial charge in [0, 0.05) is 60.1 Å². The van der Waals surface area contributed by atoms with Crippen LogP contribution in [0, 0.1) is 0 Å². The Bertz CT molecular complexity index is 1160. The fourth-order valence-electron chi connectivity index (χ4n) is 3.17. The Kier molecular flexibility index (Phi) is 6.51. The third kappa shape index (κ3) is 4.75. The number of benzene rings is 1. The van der Waals surface area contributed by atoms with Gasteiger partial charge in [-0.25, -0.2) is 4.98 Å². The minimum Gasteiger partial charge on any atom is -0.367 e. The molecule has 0 aliphatic heterocycles. The van der Waals surface area contributed by atoms with Gasteiger partial charge in [0.2, 0.25) is 0 Å². The molecule has 0 spiro atoms. The number of nitrogens with one attached hydrogen (secondary N) is 1. The van der Waals surface area contributed by atoms with E-state index in [9.17, 15) is 4.79 Å². The average Bonchev–Trinajstić information content (AvgIpc) is 3.19. The van der Waals surface area contributed by atoms with E-state index >= 15 is 0 Å². The van der Waals surface area contributed by atoms with Crippen molar-refractivity contribution in [2.45, 2.75) is 13.0 Å². The topological polar surface area (TPSA) is 59.8 Å². The molecule has 150 valence electrons. The Morgan fingerprint density at radius 1 is 1.07 bits per heavy atom. The van der Waals surface area contributed by atoms with E-state index in [0.29, 0.717) is 28.6 Å². The first-order valence-corrected chi connectivity index (χ1v) is 11.0. The molecule has 4 rings (SSSR count). The van der Waals surface area contributed by atoms with Crippen molar-refractivity contribution in [1.29, 1.82) is 0 Å². The lowest BCUT2D eigenvalue weighted by Gasteiger charge is -2.07. The lowest BCUT2D eigenvalue weighted by Crippen LogP contribution is -2.18. The summed E-state index contributed by atoms with van der Waals surface area (Å²) in [5.74, 6) is 0.709. The van der Waals surface area contributed by atoms with Crippen molar-refractivity contribution in [3.63, 3.8) is 0 Å². The maximum atomic E-state index is 12.9. The Balaban J connectivity index is 1.40. The van der Waals surface area contributed by atoms with Crippen molar-refractivity contribution in [3.05, 3.63) is 90.5 Å². The van der Waals surface area contributed by atoms with Gasteiger partial charge >= 0.3 is 0 Å². The van der Waals surface area contributed by atoms with Crippen molar-refractivity contribution in [3.8, 4) is 5.69 Å². The zero-order valence-corrected chi connectivity index (χ0v) is 17.8. The van der Waals surface area contributed by atoms with Crippen LogP contribution in [0.5, 0.6) is 0 Å². The van der Waals surface area contributed by atoms with Gasteiger partial charge in [0.05, 0.1) is 0 Å². The molecule has 0 aliphatic rings. The molecule has 0 fully saturated rings. The summed E-state index contributed by atoms with van der Waals surface area (Å²) in [5.41, 5.74) is 3.53. The molecule has 0 saturated carbocycles. The van der Waals surface area contributed by atoms with Gasteiger partial charge < -0.3 is 9.88 Å². The first-order chi connectivity index (χ1) is 14.7. The van der Waals surface area contributed by atoms with E-state index in [1.54, 1.807) is 18.6 Å². The van der Waals surface area contributed by atoms with Crippen LogP contribution in [0.2, 0.25) is 0 Å². The molecule has 3 aromatic heterocycles. The third-order valence-electron chi connectivity index (χ3n) is 4.62. The molecular formula is C23H20N4OS2. The molecule has 0 atom stereocenters. The Labute approximate surface area is 184 Å². The van der Waals surface area contributed by atoms with Gasteiger partial charge in [-0.2, -0.15) is 0 Å². The van der Waals surface area contributed by atoms with E-state index in [-0.39, 0.29) is 5.78 Å². The maximum Gasteiger partial charge on any atom is 0.165 e. The summed E-state index contributed by atoms with van der Waals surface area (Å²) in [6.07, 6.45) is 7.59. The van der Waals surface area contributed by atoms with Crippen molar-refractivity contribution < 1.29 is 4.79 Å². The molecule has 0 amide bonds. The second-order valence-electron chi connectivity index (χ2n) is 6.65. The predicted molar refractivity (Wildman–Crippen MR) is 126 cm³/mol. The zero-order chi connectivity index (χ0) is 20.8. The molecule has 0 bridgehead atoms. The van der Waals surface area contributed by atoms with E-state index in [4.69, 9.17) is 12.2 Å². The third-order valence-corrected chi connectivity index (χ3v) is 5.93. The number of fused-ring (bicyclic) bond motifs is 1. The number of Topliss-reactive ketones (excluding diaryl/α,β-unsaturated/α-hetero) is 1. The van der Waals surface area contributed by atoms with E-state index in [1.165, 1.54) is 11.8 Å². The SMILES string of the molecule is O=C(CCSC(=S)NCc1cccnc1)c1cn(-c2ccccc2)c2ncccc12. The van der Waals surface area contributed by atoms with Crippen LogP contribution >= 0.6 is 24.0 Å². The van der Waals surface area contributed by atoms with Crippen LogP contribution in [0.15, 0.2) is 79.4 Å². The number of carbonyl (C=O) groups excluding carboxylic acids is 1. The number of carbonyl (C=O) groups is 1. The molecule has 0 radical (unpaired) electrons. The lowest BCUT2D eigenvalue weighted by molar-refractivity contribution is 0.0991. The number of rotatable bonds is 7. The van der Waals surface area contributed by atoms with Crippen molar-refractivity contribution in [1.82, 2.24) is 19.9 Å². The number of thiocarbonyl (C=S) groups is 1. The van der Waals surface area contributed by atoms with Crippen molar-refractivity contribution in [2.24, 2.45) is 0 Å². The van der Waals surface area contributed by atoms with Crippen molar-refractivity contribution in [2.75, 3.05) is 5.75 Å². The van der Waals surface area contributed by atoms with E-state index in [0.717, 1.165) is 22.3 Å². The molecule has 30 heavy (non-hydrogen) atoms. The molecular weight excluding hydrogens is 412 g/mol. The molecule has 0 saturated heterocycles. The highest BCUT2D eigenvalue weighted by molar-refractivity contribution is 8.22. The zero-order valence-electron chi connectivity index (χ0n) is 16.2. The van der Waals surface area contributed by atoms with Crippen LogP contribution in [0.25, 0.3) is 16.7 Å². The quantitative estimate of drug-likeness (QED) is 0.334.